The Morgan fingerprint density at radius 1 is 1.34 bits per heavy atom. The van der Waals surface area contributed by atoms with Crippen LogP contribution < -0.4 is 16.0 Å². The van der Waals surface area contributed by atoms with Crippen molar-refractivity contribution in [3.63, 3.8) is 0 Å². The maximum Gasteiger partial charge on any atom is 0.246 e. The van der Waals surface area contributed by atoms with Gasteiger partial charge >= 0.3 is 0 Å². The highest BCUT2D eigenvalue weighted by molar-refractivity contribution is 7.18. The molecule has 0 aliphatic carbocycles. The van der Waals surface area contributed by atoms with E-state index in [0.29, 0.717) is 12.5 Å². The van der Waals surface area contributed by atoms with Gasteiger partial charge < -0.3 is 20.7 Å². The van der Waals surface area contributed by atoms with Crippen LogP contribution in [0.2, 0.25) is 0 Å². The Morgan fingerprint density at radius 2 is 2.22 bits per heavy atom. The van der Waals surface area contributed by atoms with Crippen molar-refractivity contribution >= 4 is 34.0 Å². The van der Waals surface area contributed by atoms with Crippen molar-refractivity contribution in [1.82, 2.24) is 15.0 Å². The summed E-state index contributed by atoms with van der Waals surface area (Å²) < 4.78 is 5.63. The molecule has 4 heterocycles. The quantitative estimate of drug-likeness (QED) is 0.536. The van der Waals surface area contributed by atoms with Crippen molar-refractivity contribution in [1.29, 1.82) is 0 Å². The maximum atomic E-state index is 11.2. The van der Waals surface area contributed by atoms with E-state index in [9.17, 15) is 4.79 Å². The van der Waals surface area contributed by atoms with Crippen LogP contribution in [0.5, 0.6) is 0 Å². The number of ether oxygens (including phenoxy) is 1. The van der Waals surface area contributed by atoms with Gasteiger partial charge in [0.15, 0.2) is 5.13 Å². The van der Waals surface area contributed by atoms with Crippen molar-refractivity contribution in [2.75, 3.05) is 29.9 Å². The lowest BCUT2D eigenvalue weighted by Crippen LogP contribution is -2.38. The number of amides is 1. The largest absolute Gasteiger partial charge is 0.368 e. The zero-order valence-corrected chi connectivity index (χ0v) is 19.1. The average Bonchev–Trinajstić information content (AvgIpc) is 3.28. The van der Waals surface area contributed by atoms with Crippen LogP contribution in [0.1, 0.15) is 25.3 Å². The van der Waals surface area contributed by atoms with Gasteiger partial charge in [0.05, 0.1) is 17.2 Å². The molecule has 3 aromatic rings. The summed E-state index contributed by atoms with van der Waals surface area (Å²) in [5.74, 6) is 1.44. The molecule has 1 saturated heterocycles. The zero-order valence-electron chi connectivity index (χ0n) is 18.3. The van der Waals surface area contributed by atoms with Crippen LogP contribution in [-0.4, -0.2) is 46.7 Å². The number of primary amides is 1. The number of thiazole rings is 1. The molecule has 2 unspecified atom stereocenters. The molecule has 0 bridgehead atoms. The van der Waals surface area contributed by atoms with Crippen LogP contribution in [0, 0.1) is 12.8 Å². The first kappa shape index (κ1) is 22.2. The molecule has 3 N–H and O–H groups in total. The number of hydrogen-bond donors (Lipinski definition) is 2. The molecule has 1 fully saturated rings. The van der Waals surface area contributed by atoms with Crippen LogP contribution in [0.25, 0.3) is 10.6 Å². The van der Waals surface area contributed by atoms with Gasteiger partial charge in [-0.2, -0.15) is 0 Å². The van der Waals surface area contributed by atoms with Crippen molar-refractivity contribution < 1.29 is 9.53 Å². The third-order valence-corrected chi connectivity index (χ3v) is 6.52. The molecule has 2 atom stereocenters. The van der Waals surface area contributed by atoms with Crippen LogP contribution in [-0.2, 0) is 9.53 Å². The Balaban J connectivity index is 1.41. The second-order valence-corrected chi connectivity index (χ2v) is 9.10. The topological polar surface area (TPSA) is 106 Å². The number of nitrogens with two attached hydrogens (primary N) is 1. The number of hydrogen-bond acceptors (Lipinski definition) is 8. The van der Waals surface area contributed by atoms with Crippen LogP contribution in [0.15, 0.2) is 42.7 Å². The van der Waals surface area contributed by atoms with E-state index >= 15 is 0 Å². The fourth-order valence-electron chi connectivity index (χ4n) is 3.64. The lowest BCUT2D eigenvalue weighted by molar-refractivity contribution is -0.129. The molecule has 168 valence electrons. The SMILES string of the molecule is Cc1ccnc(Nc2cccc(-c3cnc(N4CCCC(COC(C)C(N)=O)C4)s3)n2)c1. The highest BCUT2D eigenvalue weighted by Gasteiger charge is 2.24. The molecule has 8 nitrogen and oxygen atoms in total. The van der Waals surface area contributed by atoms with Gasteiger partial charge in [-0.1, -0.05) is 17.4 Å². The number of nitrogens with zero attached hydrogens (tertiary/aromatic N) is 4. The molecule has 1 aliphatic heterocycles. The second kappa shape index (κ2) is 10.1. The Kier molecular flexibility index (Phi) is 6.96. The summed E-state index contributed by atoms with van der Waals surface area (Å²) in [6.07, 6.45) is 5.24. The van der Waals surface area contributed by atoms with Crippen LogP contribution in [0.3, 0.4) is 0 Å². The normalized spacial score (nSPS) is 17.2. The van der Waals surface area contributed by atoms with Gasteiger partial charge in [0, 0.05) is 25.5 Å². The summed E-state index contributed by atoms with van der Waals surface area (Å²) in [6.45, 7) is 6.07. The molecule has 32 heavy (non-hydrogen) atoms. The number of piperidine rings is 1. The number of rotatable bonds is 8. The standard InChI is InChI=1S/C23H28N6O2S/c1-15-8-9-25-21(11-15)28-20-7-3-6-18(27-20)19-12-26-23(32-19)29-10-4-5-17(13-29)14-31-16(2)22(24)30/h3,6-9,11-12,16-17H,4-5,10,13-14H2,1-2H3,(H2,24,30)(H,25,27,28). The summed E-state index contributed by atoms with van der Waals surface area (Å²) in [4.78, 5) is 28.2. The number of anilines is 3. The van der Waals surface area contributed by atoms with E-state index in [1.165, 1.54) is 0 Å². The first-order valence-electron chi connectivity index (χ1n) is 10.8. The second-order valence-electron chi connectivity index (χ2n) is 8.09. The smallest absolute Gasteiger partial charge is 0.246 e. The van der Waals surface area contributed by atoms with Crippen molar-refractivity contribution in [2.45, 2.75) is 32.8 Å². The third kappa shape index (κ3) is 5.60. The number of aryl methyl sites for hydroxylation is 1. The number of carbonyl (C=O) groups is 1. The Hall–Kier alpha value is -3.04. The Morgan fingerprint density at radius 3 is 3.03 bits per heavy atom. The summed E-state index contributed by atoms with van der Waals surface area (Å²) in [5.41, 5.74) is 7.30. The molecule has 0 aromatic carbocycles. The van der Waals surface area contributed by atoms with Crippen molar-refractivity contribution in [3.05, 3.63) is 48.3 Å². The van der Waals surface area contributed by atoms with Crippen LogP contribution >= 0.6 is 11.3 Å². The third-order valence-electron chi connectivity index (χ3n) is 5.44. The minimum absolute atomic E-state index is 0.352. The fourth-order valence-corrected chi connectivity index (χ4v) is 4.56. The molecule has 0 spiro atoms. The highest BCUT2D eigenvalue weighted by Crippen LogP contribution is 2.33. The summed E-state index contributed by atoms with van der Waals surface area (Å²) in [7, 11) is 0. The van der Waals surface area contributed by atoms with Gasteiger partial charge in [-0.25, -0.2) is 15.0 Å². The van der Waals surface area contributed by atoms with Gasteiger partial charge in [-0.15, -0.1) is 0 Å². The van der Waals surface area contributed by atoms with E-state index in [4.69, 9.17) is 15.5 Å². The van der Waals surface area contributed by atoms with E-state index in [1.807, 2.05) is 43.5 Å². The van der Waals surface area contributed by atoms with Crippen molar-refractivity contribution in [3.8, 4) is 10.6 Å². The maximum absolute atomic E-state index is 11.2. The molecule has 3 aromatic heterocycles. The minimum Gasteiger partial charge on any atom is -0.368 e. The molecule has 9 heteroatoms. The first-order chi connectivity index (χ1) is 15.5. The molecule has 0 radical (unpaired) electrons. The highest BCUT2D eigenvalue weighted by atomic mass is 32.1. The number of pyridine rings is 2. The summed E-state index contributed by atoms with van der Waals surface area (Å²) >= 11 is 1.64. The van der Waals surface area contributed by atoms with Crippen molar-refractivity contribution in [2.24, 2.45) is 11.7 Å². The van der Waals surface area contributed by atoms with E-state index in [1.54, 1.807) is 24.5 Å². The number of carbonyl (C=O) groups excluding carboxylic acids is 1. The predicted octanol–water partition coefficient (Wildman–Crippen LogP) is 3.76. The number of aromatic nitrogens is 3. The zero-order chi connectivity index (χ0) is 22.5. The van der Waals surface area contributed by atoms with E-state index in [-0.39, 0.29) is 0 Å². The molecule has 4 rings (SSSR count). The monoisotopic (exact) mass is 452 g/mol. The lowest BCUT2D eigenvalue weighted by Gasteiger charge is -2.32. The van der Waals surface area contributed by atoms with Gasteiger partial charge in [-0.05, 0) is 62.4 Å². The molecular formula is C23H28N6O2S. The predicted molar refractivity (Wildman–Crippen MR) is 127 cm³/mol. The minimum atomic E-state index is -0.557. The van der Waals surface area contributed by atoms with E-state index < -0.39 is 12.0 Å². The van der Waals surface area contributed by atoms with Gasteiger partial charge in [0.2, 0.25) is 5.91 Å². The fraction of sp³-hybridized carbons (Fsp3) is 0.391. The lowest BCUT2D eigenvalue weighted by atomic mass is 9.99. The van der Waals surface area contributed by atoms with Gasteiger partial charge in [0.25, 0.3) is 0 Å². The average molecular weight is 453 g/mol. The number of nitrogens with one attached hydrogen (secondary N) is 1. The van der Waals surface area contributed by atoms with Crippen LogP contribution in [0.4, 0.5) is 16.8 Å². The molecular weight excluding hydrogens is 424 g/mol. The van der Waals surface area contributed by atoms with E-state index in [2.05, 4.69) is 20.2 Å². The molecule has 1 amide bonds. The van der Waals surface area contributed by atoms with E-state index in [0.717, 1.165) is 58.8 Å². The summed E-state index contributed by atoms with van der Waals surface area (Å²) in [5, 5.41) is 4.25. The van der Waals surface area contributed by atoms with Gasteiger partial charge in [0.1, 0.15) is 17.7 Å². The van der Waals surface area contributed by atoms with Gasteiger partial charge in [-0.3, -0.25) is 4.79 Å². The Labute approximate surface area is 191 Å². The summed E-state index contributed by atoms with van der Waals surface area (Å²) in [6, 6.07) is 9.85. The molecule has 1 aliphatic rings. The first-order valence-corrected chi connectivity index (χ1v) is 11.6. The molecule has 0 saturated carbocycles. The Bertz CT molecular complexity index is 1070.